The van der Waals surface area contributed by atoms with Crippen LogP contribution < -0.4 is 20.7 Å². The molecule has 0 bridgehead atoms. The number of likely N-dealkylation sites (N-methyl/N-ethyl adjacent to an activating group) is 1. The van der Waals surface area contributed by atoms with Gasteiger partial charge in [-0.15, -0.1) is 0 Å². The van der Waals surface area contributed by atoms with Crippen molar-refractivity contribution in [3.63, 3.8) is 0 Å². The minimum absolute atomic E-state index is 0.0955. The fraction of sp³-hybridized carbons (Fsp3) is 0.368. The van der Waals surface area contributed by atoms with Gasteiger partial charge in [0.2, 0.25) is 5.91 Å². The van der Waals surface area contributed by atoms with Gasteiger partial charge in [0.1, 0.15) is 5.75 Å². The molecule has 1 atom stereocenters. The van der Waals surface area contributed by atoms with Gasteiger partial charge in [0.25, 0.3) is 0 Å². The van der Waals surface area contributed by atoms with E-state index < -0.39 is 0 Å². The molecule has 7 nitrogen and oxygen atoms in total. The highest BCUT2D eigenvalue weighted by atomic mass is 32.1. The topological polar surface area (TPSA) is 82.7 Å². The summed E-state index contributed by atoms with van der Waals surface area (Å²) in [6, 6.07) is 8.86. The summed E-state index contributed by atoms with van der Waals surface area (Å²) in [5, 5.41) is 12.4. The van der Waals surface area contributed by atoms with E-state index in [0.717, 1.165) is 5.75 Å². The molecule has 1 heterocycles. The Balaban J connectivity index is 1.68. The zero-order valence-corrected chi connectivity index (χ0v) is 16.6. The van der Waals surface area contributed by atoms with Crippen molar-refractivity contribution < 1.29 is 14.3 Å². The molecule has 0 saturated heterocycles. The number of hydrogen-bond acceptors (Lipinski definition) is 5. The van der Waals surface area contributed by atoms with E-state index in [2.05, 4.69) is 32.3 Å². The van der Waals surface area contributed by atoms with Gasteiger partial charge in [-0.05, 0) is 60.8 Å². The highest BCUT2D eigenvalue weighted by Crippen LogP contribution is 2.20. The minimum Gasteiger partial charge on any atom is -0.497 e. The number of urea groups is 1. The Morgan fingerprint density at radius 2 is 1.89 bits per heavy atom. The van der Waals surface area contributed by atoms with Gasteiger partial charge in [-0.1, -0.05) is 0 Å². The molecule has 0 fully saturated rings. The van der Waals surface area contributed by atoms with Crippen LogP contribution in [0.2, 0.25) is 0 Å². The molecule has 3 amide bonds. The average Bonchev–Trinajstić information content (AvgIpc) is 3.16. The molecular weight excluding hydrogens is 364 g/mol. The Morgan fingerprint density at radius 1 is 1.15 bits per heavy atom. The van der Waals surface area contributed by atoms with Crippen molar-refractivity contribution in [2.24, 2.45) is 0 Å². The Labute approximate surface area is 163 Å². The SMILES string of the molecule is COc1ccc(NC(=O)NCCC(=O)NCC(c2ccsc2)N(C)C)cc1. The van der Waals surface area contributed by atoms with E-state index in [9.17, 15) is 9.59 Å². The summed E-state index contributed by atoms with van der Waals surface area (Å²) in [6.07, 6.45) is 0.222. The van der Waals surface area contributed by atoms with Crippen LogP contribution in [0.3, 0.4) is 0 Å². The number of nitrogens with one attached hydrogen (secondary N) is 3. The molecule has 0 aliphatic heterocycles. The van der Waals surface area contributed by atoms with E-state index in [0.29, 0.717) is 12.2 Å². The van der Waals surface area contributed by atoms with Gasteiger partial charge in [0.05, 0.1) is 13.2 Å². The second-order valence-corrected chi connectivity index (χ2v) is 6.98. The van der Waals surface area contributed by atoms with E-state index >= 15 is 0 Å². The lowest BCUT2D eigenvalue weighted by molar-refractivity contribution is -0.121. The molecule has 8 heteroatoms. The van der Waals surface area contributed by atoms with Gasteiger partial charge < -0.3 is 25.6 Å². The number of ether oxygens (including phenoxy) is 1. The van der Waals surface area contributed by atoms with Crippen LogP contribution in [0, 0.1) is 0 Å². The van der Waals surface area contributed by atoms with Crippen LogP contribution in [0.4, 0.5) is 10.5 Å². The van der Waals surface area contributed by atoms with Gasteiger partial charge in [-0.3, -0.25) is 4.79 Å². The van der Waals surface area contributed by atoms with Gasteiger partial charge in [-0.25, -0.2) is 4.79 Å². The van der Waals surface area contributed by atoms with E-state index in [1.54, 1.807) is 42.7 Å². The standard InChI is InChI=1S/C19H26N4O3S/c1-23(2)17(14-9-11-27-13-14)12-21-18(24)8-10-20-19(25)22-15-4-6-16(26-3)7-5-15/h4-7,9,11,13,17H,8,10,12H2,1-3H3,(H,21,24)(H2,20,22,25). The quantitative estimate of drug-likeness (QED) is 0.615. The molecular formula is C19H26N4O3S. The number of amides is 3. The largest absolute Gasteiger partial charge is 0.497 e. The summed E-state index contributed by atoms with van der Waals surface area (Å²) < 4.78 is 5.07. The predicted octanol–water partition coefficient (Wildman–Crippen LogP) is 2.69. The molecule has 2 aromatic rings. The second-order valence-electron chi connectivity index (χ2n) is 6.20. The third-order valence-electron chi connectivity index (χ3n) is 4.03. The summed E-state index contributed by atoms with van der Waals surface area (Å²) >= 11 is 1.64. The molecule has 0 saturated carbocycles. The van der Waals surface area contributed by atoms with Crippen molar-refractivity contribution in [3.05, 3.63) is 46.7 Å². The van der Waals surface area contributed by atoms with Crippen molar-refractivity contribution >= 4 is 29.0 Å². The Bertz CT molecular complexity index is 717. The van der Waals surface area contributed by atoms with Crippen LogP contribution >= 0.6 is 11.3 Å². The second kappa shape index (κ2) is 10.5. The van der Waals surface area contributed by atoms with E-state index in [1.807, 2.05) is 19.5 Å². The molecule has 1 aromatic carbocycles. The lowest BCUT2D eigenvalue weighted by atomic mass is 10.1. The van der Waals surface area contributed by atoms with E-state index in [-0.39, 0.29) is 30.9 Å². The predicted molar refractivity (Wildman–Crippen MR) is 108 cm³/mol. The van der Waals surface area contributed by atoms with Crippen LogP contribution in [0.25, 0.3) is 0 Å². The van der Waals surface area contributed by atoms with Gasteiger partial charge >= 0.3 is 6.03 Å². The first-order valence-corrected chi connectivity index (χ1v) is 9.58. The lowest BCUT2D eigenvalue weighted by Crippen LogP contribution is -2.37. The molecule has 0 spiro atoms. The number of thiophene rings is 1. The number of anilines is 1. The molecule has 1 aromatic heterocycles. The number of rotatable bonds is 9. The number of benzene rings is 1. The Kier molecular flexibility index (Phi) is 8.09. The van der Waals surface area contributed by atoms with Gasteiger partial charge in [0.15, 0.2) is 0 Å². The number of carbonyl (C=O) groups excluding carboxylic acids is 2. The number of carbonyl (C=O) groups is 2. The maximum Gasteiger partial charge on any atom is 0.319 e. The fourth-order valence-corrected chi connectivity index (χ4v) is 3.21. The first-order valence-electron chi connectivity index (χ1n) is 8.63. The van der Waals surface area contributed by atoms with Crippen molar-refractivity contribution in [1.29, 1.82) is 0 Å². The van der Waals surface area contributed by atoms with Crippen LogP contribution in [0.15, 0.2) is 41.1 Å². The van der Waals surface area contributed by atoms with Crippen LogP contribution in [-0.4, -0.2) is 51.1 Å². The molecule has 0 aliphatic carbocycles. The van der Waals surface area contributed by atoms with E-state index in [4.69, 9.17) is 4.74 Å². The molecule has 0 radical (unpaired) electrons. The molecule has 146 valence electrons. The number of methoxy groups -OCH3 is 1. The fourth-order valence-electron chi connectivity index (χ4n) is 2.50. The summed E-state index contributed by atoms with van der Waals surface area (Å²) in [4.78, 5) is 26.0. The number of nitrogens with zero attached hydrogens (tertiary/aromatic N) is 1. The highest BCUT2D eigenvalue weighted by molar-refractivity contribution is 7.07. The van der Waals surface area contributed by atoms with Crippen molar-refractivity contribution in [1.82, 2.24) is 15.5 Å². The Hall–Kier alpha value is -2.58. The third kappa shape index (κ3) is 6.92. The summed E-state index contributed by atoms with van der Waals surface area (Å²) in [7, 11) is 5.56. The average molecular weight is 391 g/mol. The van der Waals surface area contributed by atoms with Crippen LogP contribution in [0.5, 0.6) is 5.75 Å². The lowest BCUT2D eigenvalue weighted by Gasteiger charge is -2.24. The van der Waals surface area contributed by atoms with Crippen molar-refractivity contribution in [3.8, 4) is 5.75 Å². The smallest absolute Gasteiger partial charge is 0.319 e. The molecule has 27 heavy (non-hydrogen) atoms. The highest BCUT2D eigenvalue weighted by Gasteiger charge is 2.15. The Morgan fingerprint density at radius 3 is 2.48 bits per heavy atom. The zero-order chi connectivity index (χ0) is 19.6. The van der Waals surface area contributed by atoms with Crippen molar-refractivity contribution in [2.75, 3.05) is 39.6 Å². The maximum absolute atomic E-state index is 12.0. The first kappa shape index (κ1) is 20.7. The van der Waals surface area contributed by atoms with E-state index in [1.165, 1.54) is 5.56 Å². The maximum atomic E-state index is 12.0. The summed E-state index contributed by atoms with van der Waals surface area (Å²) in [6.45, 7) is 0.791. The first-order chi connectivity index (χ1) is 13.0. The van der Waals surface area contributed by atoms with Gasteiger partial charge in [0, 0.05) is 25.2 Å². The normalized spacial score (nSPS) is 11.7. The van der Waals surface area contributed by atoms with Crippen molar-refractivity contribution in [2.45, 2.75) is 12.5 Å². The summed E-state index contributed by atoms with van der Waals surface area (Å²) in [5.74, 6) is 0.623. The third-order valence-corrected chi connectivity index (χ3v) is 4.73. The molecule has 3 N–H and O–H groups in total. The van der Waals surface area contributed by atoms with Crippen LogP contribution in [-0.2, 0) is 4.79 Å². The summed E-state index contributed by atoms with van der Waals surface area (Å²) in [5.41, 5.74) is 1.84. The van der Waals surface area contributed by atoms with Crippen LogP contribution in [0.1, 0.15) is 18.0 Å². The molecule has 0 aliphatic rings. The molecule has 2 rings (SSSR count). The monoisotopic (exact) mass is 390 g/mol. The number of hydrogen-bond donors (Lipinski definition) is 3. The zero-order valence-electron chi connectivity index (χ0n) is 15.8. The minimum atomic E-state index is -0.350. The molecule has 1 unspecified atom stereocenters. The van der Waals surface area contributed by atoms with Gasteiger partial charge in [-0.2, -0.15) is 11.3 Å².